The summed E-state index contributed by atoms with van der Waals surface area (Å²) in [6, 6.07) is 7.45. The molecule has 1 aliphatic heterocycles. The Bertz CT molecular complexity index is 369. The van der Waals surface area contributed by atoms with Crippen LogP contribution in [0.4, 0.5) is 10.1 Å². The smallest absolute Gasteiger partial charge is 0.146 e. The Morgan fingerprint density at radius 1 is 1.35 bits per heavy atom. The number of nitrogens with one attached hydrogen (secondary N) is 1. The Kier molecular flexibility index (Phi) is 3.97. The molecule has 4 heteroatoms. The van der Waals surface area contributed by atoms with Gasteiger partial charge in [-0.25, -0.2) is 4.39 Å². The van der Waals surface area contributed by atoms with Crippen LogP contribution in [0.25, 0.3) is 0 Å². The van der Waals surface area contributed by atoms with Crippen LogP contribution in [0.15, 0.2) is 24.3 Å². The average Bonchev–Trinajstić information content (AvgIpc) is 2.33. The van der Waals surface area contributed by atoms with Crippen molar-refractivity contribution in [1.82, 2.24) is 10.2 Å². The van der Waals surface area contributed by atoms with Crippen LogP contribution in [0, 0.1) is 5.82 Å². The van der Waals surface area contributed by atoms with E-state index in [4.69, 9.17) is 0 Å². The van der Waals surface area contributed by atoms with E-state index < -0.39 is 0 Å². The van der Waals surface area contributed by atoms with Crippen molar-refractivity contribution in [3.63, 3.8) is 0 Å². The van der Waals surface area contributed by atoms with Gasteiger partial charge in [0.15, 0.2) is 0 Å². The number of hydrogen-bond acceptors (Lipinski definition) is 3. The minimum absolute atomic E-state index is 0.125. The molecule has 17 heavy (non-hydrogen) atoms. The lowest BCUT2D eigenvalue weighted by Crippen LogP contribution is -2.55. The molecule has 1 aromatic carbocycles. The van der Waals surface area contributed by atoms with Gasteiger partial charge in [0.2, 0.25) is 0 Å². The Morgan fingerprint density at radius 3 is 2.82 bits per heavy atom. The van der Waals surface area contributed by atoms with Crippen LogP contribution in [0.3, 0.4) is 0 Å². The number of benzene rings is 1. The normalized spacial score (nSPS) is 21.8. The summed E-state index contributed by atoms with van der Waals surface area (Å²) in [7, 11) is 4.08. The molecule has 0 spiro atoms. The maximum atomic E-state index is 13.7. The molecule has 1 aromatic rings. The molecule has 1 saturated heterocycles. The molecule has 1 heterocycles. The van der Waals surface area contributed by atoms with Crippen molar-refractivity contribution in [3.8, 4) is 0 Å². The van der Waals surface area contributed by atoms with E-state index in [1.165, 1.54) is 6.07 Å². The van der Waals surface area contributed by atoms with Gasteiger partial charge >= 0.3 is 0 Å². The fourth-order valence-electron chi connectivity index (χ4n) is 2.33. The zero-order valence-electron chi connectivity index (χ0n) is 10.5. The van der Waals surface area contributed by atoms with Gasteiger partial charge in [-0.2, -0.15) is 0 Å². The minimum atomic E-state index is -0.125. The molecular weight excluding hydrogens is 217 g/mol. The summed E-state index contributed by atoms with van der Waals surface area (Å²) in [5, 5.41) is 3.19. The Labute approximate surface area is 102 Å². The molecule has 0 bridgehead atoms. The fourth-order valence-corrected chi connectivity index (χ4v) is 2.33. The van der Waals surface area contributed by atoms with Gasteiger partial charge in [-0.15, -0.1) is 0 Å². The zero-order chi connectivity index (χ0) is 12.3. The molecule has 0 saturated carbocycles. The second kappa shape index (κ2) is 5.47. The molecule has 94 valence electrons. The van der Waals surface area contributed by atoms with Crippen LogP contribution >= 0.6 is 0 Å². The summed E-state index contributed by atoms with van der Waals surface area (Å²) in [5.74, 6) is -0.125. The highest BCUT2D eigenvalue weighted by Crippen LogP contribution is 2.21. The van der Waals surface area contributed by atoms with E-state index in [2.05, 4.69) is 22.2 Å². The van der Waals surface area contributed by atoms with Crippen LogP contribution in [-0.2, 0) is 0 Å². The first-order chi connectivity index (χ1) is 8.22. The zero-order valence-corrected chi connectivity index (χ0v) is 10.5. The number of para-hydroxylation sites is 1. The van der Waals surface area contributed by atoms with Crippen LogP contribution < -0.4 is 10.2 Å². The number of piperazine rings is 1. The molecule has 3 nitrogen and oxygen atoms in total. The summed E-state index contributed by atoms with van der Waals surface area (Å²) >= 11 is 0. The quantitative estimate of drug-likeness (QED) is 0.851. The van der Waals surface area contributed by atoms with Crippen LogP contribution in [0.1, 0.15) is 0 Å². The first-order valence-corrected chi connectivity index (χ1v) is 6.06. The van der Waals surface area contributed by atoms with E-state index in [-0.39, 0.29) is 5.82 Å². The van der Waals surface area contributed by atoms with Crippen LogP contribution in [-0.4, -0.2) is 51.2 Å². The molecule has 1 unspecified atom stereocenters. The van der Waals surface area contributed by atoms with E-state index in [9.17, 15) is 4.39 Å². The summed E-state index contributed by atoms with van der Waals surface area (Å²) < 4.78 is 13.7. The average molecular weight is 237 g/mol. The molecule has 1 atom stereocenters. The van der Waals surface area contributed by atoms with Crippen LogP contribution in [0.5, 0.6) is 0 Å². The predicted molar refractivity (Wildman–Crippen MR) is 69.0 cm³/mol. The summed E-state index contributed by atoms with van der Waals surface area (Å²) in [4.78, 5) is 4.46. The Morgan fingerprint density at radius 2 is 2.12 bits per heavy atom. The summed E-state index contributed by atoms with van der Waals surface area (Å²) in [6.07, 6.45) is 0. The molecule has 0 aromatic heterocycles. The van der Waals surface area contributed by atoms with Crippen molar-refractivity contribution >= 4 is 5.69 Å². The van der Waals surface area contributed by atoms with E-state index in [0.717, 1.165) is 31.9 Å². The van der Waals surface area contributed by atoms with E-state index >= 15 is 0 Å². The van der Waals surface area contributed by atoms with Crippen molar-refractivity contribution < 1.29 is 4.39 Å². The molecule has 0 amide bonds. The fraction of sp³-hybridized carbons (Fsp3) is 0.538. The largest absolute Gasteiger partial charge is 0.366 e. The highest BCUT2D eigenvalue weighted by molar-refractivity contribution is 5.48. The summed E-state index contributed by atoms with van der Waals surface area (Å²) in [5.41, 5.74) is 0.724. The van der Waals surface area contributed by atoms with Gasteiger partial charge in [-0.05, 0) is 26.2 Å². The van der Waals surface area contributed by atoms with Gasteiger partial charge in [-0.3, -0.25) is 4.90 Å². The lowest BCUT2D eigenvalue weighted by molar-refractivity contribution is 0.215. The lowest BCUT2D eigenvalue weighted by atomic mass is 10.1. The number of halogens is 1. The van der Waals surface area contributed by atoms with Gasteiger partial charge in [-0.1, -0.05) is 12.1 Å². The standard InChI is InChI=1S/C13H20FN3/c1-15-9-11-10-17(8-7-16(11)2)13-6-4-3-5-12(13)14/h3-6,11,15H,7-10H2,1-2H3. The SMILES string of the molecule is CNCC1CN(c2ccccc2F)CCN1C. The van der Waals surface area contributed by atoms with E-state index in [1.54, 1.807) is 6.07 Å². The number of nitrogens with zero attached hydrogens (tertiary/aromatic N) is 2. The molecule has 1 N–H and O–H groups in total. The maximum absolute atomic E-state index is 13.7. The van der Waals surface area contributed by atoms with Gasteiger partial charge in [0.1, 0.15) is 5.82 Å². The van der Waals surface area contributed by atoms with Crippen LogP contribution in [0.2, 0.25) is 0 Å². The minimum Gasteiger partial charge on any atom is -0.366 e. The third kappa shape index (κ3) is 2.76. The van der Waals surface area contributed by atoms with E-state index in [0.29, 0.717) is 6.04 Å². The third-order valence-electron chi connectivity index (χ3n) is 3.41. The monoisotopic (exact) mass is 237 g/mol. The highest BCUT2D eigenvalue weighted by Gasteiger charge is 2.24. The van der Waals surface area contributed by atoms with Crippen molar-refractivity contribution in [2.24, 2.45) is 0 Å². The third-order valence-corrected chi connectivity index (χ3v) is 3.41. The molecule has 2 rings (SSSR count). The van der Waals surface area contributed by atoms with Crippen molar-refractivity contribution in [3.05, 3.63) is 30.1 Å². The molecule has 1 fully saturated rings. The first-order valence-electron chi connectivity index (χ1n) is 6.06. The Balaban J connectivity index is 2.10. The van der Waals surface area contributed by atoms with Gasteiger partial charge in [0, 0.05) is 32.2 Å². The highest BCUT2D eigenvalue weighted by atomic mass is 19.1. The second-order valence-corrected chi connectivity index (χ2v) is 4.59. The topological polar surface area (TPSA) is 18.5 Å². The first kappa shape index (κ1) is 12.3. The number of hydrogen-bond donors (Lipinski definition) is 1. The molecule has 1 aliphatic rings. The lowest BCUT2D eigenvalue weighted by Gasteiger charge is -2.40. The number of anilines is 1. The number of likely N-dealkylation sites (N-methyl/N-ethyl adjacent to an activating group) is 2. The van der Waals surface area contributed by atoms with Crippen molar-refractivity contribution in [2.45, 2.75) is 6.04 Å². The Hall–Kier alpha value is -1.13. The maximum Gasteiger partial charge on any atom is 0.146 e. The molecule has 0 radical (unpaired) electrons. The second-order valence-electron chi connectivity index (χ2n) is 4.59. The predicted octanol–water partition coefficient (Wildman–Crippen LogP) is 1.17. The van der Waals surface area contributed by atoms with Gasteiger partial charge in [0.25, 0.3) is 0 Å². The number of rotatable bonds is 3. The van der Waals surface area contributed by atoms with Crippen molar-refractivity contribution in [2.75, 3.05) is 45.2 Å². The summed E-state index contributed by atoms with van der Waals surface area (Å²) in [6.45, 7) is 3.66. The van der Waals surface area contributed by atoms with Crippen molar-refractivity contribution in [1.29, 1.82) is 0 Å². The molecule has 0 aliphatic carbocycles. The molecular formula is C13H20FN3. The van der Waals surface area contributed by atoms with Gasteiger partial charge in [0.05, 0.1) is 5.69 Å². The van der Waals surface area contributed by atoms with E-state index in [1.807, 2.05) is 19.2 Å². The van der Waals surface area contributed by atoms with Gasteiger partial charge < -0.3 is 10.2 Å².